The van der Waals surface area contributed by atoms with Crippen LogP contribution in [-0.4, -0.2) is 11.0 Å². The van der Waals surface area contributed by atoms with Gasteiger partial charge in [0.1, 0.15) is 17.7 Å². The summed E-state index contributed by atoms with van der Waals surface area (Å²) in [6.45, 7) is 0. The first kappa shape index (κ1) is 11.0. The van der Waals surface area contributed by atoms with Gasteiger partial charge in [0.05, 0.1) is 18.4 Å². The number of carbonyl (C=O) groups excluding carboxylic acids is 1. The van der Waals surface area contributed by atoms with E-state index in [9.17, 15) is 14.3 Å². The molecule has 18 heavy (non-hydrogen) atoms. The normalized spacial score (nSPS) is 15.3. The maximum atomic E-state index is 13.5. The summed E-state index contributed by atoms with van der Waals surface area (Å²) in [5.74, 6) is -0.377. The minimum absolute atomic E-state index is 0.130. The molecule has 1 aliphatic heterocycles. The first-order chi connectivity index (χ1) is 8.65. The molecule has 0 saturated carbocycles. The van der Waals surface area contributed by atoms with Gasteiger partial charge in [-0.2, -0.15) is 0 Å². The van der Waals surface area contributed by atoms with E-state index in [2.05, 4.69) is 5.32 Å². The van der Waals surface area contributed by atoms with Gasteiger partial charge in [0, 0.05) is 5.56 Å². The van der Waals surface area contributed by atoms with E-state index in [0.29, 0.717) is 22.6 Å². The molecule has 3 rings (SSSR count). The fraction of sp³-hybridized carbons (Fsp3) is 0.154. The van der Waals surface area contributed by atoms with Crippen LogP contribution in [0.1, 0.15) is 23.0 Å². The molecular formula is C13H10FNO3. The van der Waals surface area contributed by atoms with Crippen LogP contribution in [0.2, 0.25) is 0 Å². The van der Waals surface area contributed by atoms with Crippen molar-refractivity contribution < 1.29 is 18.7 Å². The zero-order chi connectivity index (χ0) is 12.7. The van der Waals surface area contributed by atoms with E-state index >= 15 is 0 Å². The molecule has 1 aromatic heterocycles. The summed E-state index contributed by atoms with van der Waals surface area (Å²) >= 11 is 0. The Morgan fingerprint density at radius 3 is 3.00 bits per heavy atom. The standard InChI is InChI=1S/C13H10FNO3/c14-8-4-7-5-11(16)15-12(7)9(6-8)13(17)10-2-1-3-18-10/h1-4,6,13,17H,5H2,(H,15,16). The number of rotatable bonds is 2. The quantitative estimate of drug-likeness (QED) is 0.853. The van der Waals surface area contributed by atoms with Gasteiger partial charge in [0.2, 0.25) is 5.91 Å². The highest BCUT2D eigenvalue weighted by Crippen LogP contribution is 2.35. The average Bonchev–Trinajstić information content (AvgIpc) is 2.94. The van der Waals surface area contributed by atoms with Crippen molar-refractivity contribution in [3.8, 4) is 0 Å². The summed E-state index contributed by atoms with van der Waals surface area (Å²) in [6.07, 6.45) is 0.463. The van der Waals surface area contributed by atoms with Crippen LogP contribution in [0.5, 0.6) is 0 Å². The van der Waals surface area contributed by atoms with Crippen LogP contribution in [0, 0.1) is 5.82 Å². The Labute approximate surface area is 102 Å². The second-order valence-corrected chi connectivity index (χ2v) is 4.17. The van der Waals surface area contributed by atoms with Gasteiger partial charge in [-0.05, 0) is 29.8 Å². The number of fused-ring (bicyclic) bond motifs is 1. The van der Waals surface area contributed by atoms with Crippen molar-refractivity contribution in [2.24, 2.45) is 0 Å². The fourth-order valence-electron chi connectivity index (χ4n) is 2.15. The number of benzene rings is 1. The molecule has 0 saturated heterocycles. The van der Waals surface area contributed by atoms with Crippen molar-refractivity contribution in [1.29, 1.82) is 0 Å². The van der Waals surface area contributed by atoms with E-state index in [-0.39, 0.29) is 12.3 Å². The molecule has 2 heterocycles. The Hall–Kier alpha value is -2.14. The predicted octanol–water partition coefficient (Wildman–Crippen LogP) is 1.99. The van der Waals surface area contributed by atoms with Gasteiger partial charge in [-0.25, -0.2) is 4.39 Å². The molecule has 2 aromatic rings. The molecule has 0 spiro atoms. The summed E-state index contributed by atoms with van der Waals surface area (Å²) < 4.78 is 18.6. The molecule has 1 unspecified atom stereocenters. The number of furan rings is 1. The van der Waals surface area contributed by atoms with Gasteiger partial charge in [-0.1, -0.05) is 0 Å². The van der Waals surface area contributed by atoms with Crippen LogP contribution in [-0.2, 0) is 11.2 Å². The number of carbonyl (C=O) groups is 1. The largest absolute Gasteiger partial charge is 0.466 e. The molecule has 1 aromatic carbocycles. The number of hydrogen-bond donors (Lipinski definition) is 2. The molecule has 2 N–H and O–H groups in total. The Bertz CT molecular complexity index is 607. The van der Waals surface area contributed by atoms with Gasteiger partial charge in [0.25, 0.3) is 0 Å². The summed E-state index contributed by atoms with van der Waals surface area (Å²) in [6, 6.07) is 5.73. The Balaban J connectivity index is 2.10. The van der Waals surface area contributed by atoms with E-state index in [0.717, 1.165) is 0 Å². The average molecular weight is 247 g/mol. The van der Waals surface area contributed by atoms with Gasteiger partial charge >= 0.3 is 0 Å². The van der Waals surface area contributed by atoms with Crippen molar-refractivity contribution in [3.63, 3.8) is 0 Å². The van der Waals surface area contributed by atoms with Crippen LogP contribution < -0.4 is 5.32 Å². The number of amides is 1. The summed E-state index contributed by atoms with van der Waals surface area (Å²) in [7, 11) is 0. The zero-order valence-corrected chi connectivity index (χ0v) is 9.31. The summed E-state index contributed by atoms with van der Waals surface area (Å²) in [4.78, 5) is 11.3. The monoisotopic (exact) mass is 247 g/mol. The lowest BCUT2D eigenvalue weighted by Crippen LogP contribution is -2.07. The number of halogens is 1. The zero-order valence-electron chi connectivity index (χ0n) is 9.31. The minimum Gasteiger partial charge on any atom is -0.466 e. The number of hydrogen-bond acceptors (Lipinski definition) is 3. The third-order valence-electron chi connectivity index (χ3n) is 2.94. The molecule has 4 nitrogen and oxygen atoms in total. The topological polar surface area (TPSA) is 62.5 Å². The molecule has 0 fully saturated rings. The highest BCUT2D eigenvalue weighted by Gasteiger charge is 2.26. The maximum absolute atomic E-state index is 13.5. The Morgan fingerprint density at radius 1 is 1.44 bits per heavy atom. The lowest BCUT2D eigenvalue weighted by Gasteiger charge is -2.13. The second-order valence-electron chi connectivity index (χ2n) is 4.17. The van der Waals surface area contributed by atoms with E-state index < -0.39 is 11.9 Å². The Morgan fingerprint density at radius 2 is 2.28 bits per heavy atom. The first-order valence-electron chi connectivity index (χ1n) is 5.49. The summed E-state index contributed by atoms with van der Waals surface area (Å²) in [5, 5.41) is 12.8. The molecule has 1 atom stereocenters. The van der Waals surface area contributed by atoms with E-state index in [1.807, 2.05) is 0 Å². The van der Waals surface area contributed by atoms with Gasteiger partial charge in [-0.3, -0.25) is 4.79 Å². The molecule has 0 bridgehead atoms. The van der Waals surface area contributed by atoms with E-state index in [4.69, 9.17) is 4.42 Å². The smallest absolute Gasteiger partial charge is 0.228 e. The third kappa shape index (κ3) is 1.69. The number of aliphatic hydroxyl groups is 1. The van der Waals surface area contributed by atoms with Crippen LogP contribution in [0.15, 0.2) is 34.9 Å². The summed E-state index contributed by atoms with van der Waals surface area (Å²) in [5.41, 5.74) is 1.34. The lowest BCUT2D eigenvalue weighted by atomic mass is 10.0. The molecule has 5 heteroatoms. The maximum Gasteiger partial charge on any atom is 0.228 e. The molecule has 92 valence electrons. The highest BCUT2D eigenvalue weighted by molar-refractivity contribution is 6.00. The minimum atomic E-state index is -1.09. The van der Waals surface area contributed by atoms with E-state index in [1.165, 1.54) is 18.4 Å². The van der Waals surface area contributed by atoms with Crippen molar-refractivity contribution in [2.75, 3.05) is 5.32 Å². The van der Waals surface area contributed by atoms with Gasteiger partial charge in [0.15, 0.2) is 0 Å². The van der Waals surface area contributed by atoms with Crippen LogP contribution in [0.3, 0.4) is 0 Å². The van der Waals surface area contributed by atoms with Gasteiger partial charge < -0.3 is 14.8 Å². The first-order valence-corrected chi connectivity index (χ1v) is 5.49. The van der Waals surface area contributed by atoms with Gasteiger partial charge in [-0.15, -0.1) is 0 Å². The predicted molar refractivity (Wildman–Crippen MR) is 61.5 cm³/mol. The lowest BCUT2D eigenvalue weighted by molar-refractivity contribution is -0.115. The number of anilines is 1. The number of nitrogens with one attached hydrogen (secondary N) is 1. The molecule has 0 radical (unpaired) electrons. The van der Waals surface area contributed by atoms with Crippen molar-refractivity contribution in [3.05, 3.63) is 53.2 Å². The second kappa shape index (κ2) is 3.96. The van der Waals surface area contributed by atoms with Crippen LogP contribution >= 0.6 is 0 Å². The fourth-order valence-corrected chi connectivity index (χ4v) is 2.15. The Kier molecular flexibility index (Phi) is 2.41. The molecular weight excluding hydrogens is 237 g/mol. The molecule has 1 aliphatic rings. The SMILES string of the molecule is O=C1Cc2cc(F)cc(C(O)c3ccco3)c2N1. The molecule has 0 aliphatic carbocycles. The van der Waals surface area contributed by atoms with Crippen molar-refractivity contribution in [2.45, 2.75) is 12.5 Å². The van der Waals surface area contributed by atoms with Crippen molar-refractivity contribution in [1.82, 2.24) is 0 Å². The third-order valence-corrected chi connectivity index (χ3v) is 2.94. The highest BCUT2D eigenvalue weighted by atomic mass is 19.1. The number of aliphatic hydroxyl groups excluding tert-OH is 1. The molecule has 1 amide bonds. The van der Waals surface area contributed by atoms with Crippen LogP contribution in [0.4, 0.5) is 10.1 Å². The van der Waals surface area contributed by atoms with E-state index in [1.54, 1.807) is 12.1 Å². The van der Waals surface area contributed by atoms with Crippen LogP contribution in [0.25, 0.3) is 0 Å². The van der Waals surface area contributed by atoms with Crippen molar-refractivity contribution >= 4 is 11.6 Å².